The number of sulfone groups is 1. The van der Waals surface area contributed by atoms with Gasteiger partial charge in [-0.05, 0) is 31.5 Å². The lowest BCUT2D eigenvalue weighted by Crippen LogP contribution is -2.43. The molecule has 0 amide bonds. The van der Waals surface area contributed by atoms with E-state index in [0.29, 0.717) is 31.8 Å². The Morgan fingerprint density at radius 2 is 1.93 bits per heavy atom. The summed E-state index contributed by atoms with van der Waals surface area (Å²) in [6.07, 6.45) is 0.909. The summed E-state index contributed by atoms with van der Waals surface area (Å²) < 4.78 is 68.4. The van der Waals surface area contributed by atoms with Gasteiger partial charge in [0.1, 0.15) is 16.4 Å². The van der Waals surface area contributed by atoms with Gasteiger partial charge in [0.25, 0.3) is 0 Å². The Hall–Kier alpha value is -1.40. The van der Waals surface area contributed by atoms with Gasteiger partial charge in [-0.2, -0.15) is 4.31 Å². The highest BCUT2D eigenvalue weighted by Crippen LogP contribution is 2.33. The fourth-order valence-electron chi connectivity index (χ4n) is 3.89. The highest BCUT2D eigenvalue weighted by Gasteiger charge is 2.39. The monoisotopic (exact) mass is 462 g/mol. The van der Waals surface area contributed by atoms with Gasteiger partial charge in [-0.15, -0.1) is 0 Å². The predicted octanol–water partition coefficient (Wildman–Crippen LogP) is 0.604. The first-order chi connectivity index (χ1) is 14.3. The Bertz CT molecular complexity index is 928. The van der Waals surface area contributed by atoms with Crippen LogP contribution in [0, 0.1) is 0 Å². The van der Waals surface area contributed by atoms with Gasteiger partial charge < -0.3 is 14.2 Å². The van der Waals surface area contributed by atoms with E-state index in [1.807, 2.05) is 0 Å². The first-order valence-electron chi connectivity index (χ1n) is 10.0. The molecule has 2 fully saturated rings. The average molecular weight is 463 g/mol. The molecule has 2 heterocycles. The fourth-order valence-corrected chi connectivity index (χ4v) is 7.55. The Balaban J connectivity index is 1.84. The molecule has 0 saturated carbocycles. The van der Waals surface area contributed by atoms with Crippen molar-refractivity contribution in [2.24, 2.45) is 0 Å². The Morgan fingerprint density at radius 3 is 2.53 bits per heavy atom. The smallest absolute Gasteiger partial charge is 0.247 e. The molecular formula is C19H30N2O7S2. The summed E-state index contributed by atoms with van der Waals surface area (Å²) in [4.78, 5) is 2.25. The van der Waals surface area contributed by atoms with Crippen molar-refractivity contribution in [1.29, 1.82) is 0 Å². The van der Waals surface area contributed by atoms with Gasteiger partial charge in [-0.3, -0.25) is 4.90 Å². The molecule has 2 aliphatic heterocycles. The summed E-state index contributed by atoms with van der Waals surface area (Å²) in [5, 5.41) is 0. The highest BCUT2D eigenvalue weighted by atomic mass is 32.2. The van der Waals surface area contributed by atoms with E-state index in [1.165, 1.54) is 30.7 Å². The minimum Gasteiger partial charge on any atom is -0.497 e. The normalized spacial score (nSPS) is 22.3. The van der Waals surface area contributed by atoms with Crippen LogP contribution in [0.2, 0.25) is 0 Å². The zero-order chi connectivity index (χ0) is 21.8. The van der Waals surface area contributed by atoms with Gasteiger partial charge in [0, 0.05) is 31.7 Å². The SMILES string of the molecule is COc1ccc(S(=O)(=O)N(CCCN2CCOCC2)[C@@H]2CCS(=O)(=O)C2)c(OC)c1. The lowest BCUT2D eigenvalue weighted by atomic mass is 10.2. The van der Waals surface area contributed by atoms with Crippen molar-refractivity contribution in [2.45, 2.75) is 23.8 Å². The number of hydrogen-bond acceptors (Lipinski definition) is 8. The van der Waals surface area contributed by atoms with Gasteiger partial charge >= 0.3 is 0 Å². The topological polar surface area (TPSA) is 102 Å². The minimum absolute atomic E-state index is 0.00684. The van der Waals surface area contributed by atoms with Gasteiger partial charge in [0.15, 0.2) is 9.84 Å². The molecule has 2 aliphatic rings. The Kier molecular flexibility index (Phi) is 7.61. The van der Waals surface area contributed by atoms with E-state index < -0.39 is 25.9 Å². The highest BCUT2D eigenvalue weighted by molar-refractivity contribution is 7.92. The molecular weight excluding hydrogens is 432 g/mol. The summed E-state index contributed by atoms with van der Waals surface area (Å²) in [7, 11) is -4.31. The number of ether oxygens (including phenoxy) is 3. The van der Waals surface area contributed by atoms with E-state index >= 15 is 0 Å². The van der Waals surface area contributed by atoms with Crippen LogP contribution in [0.3, 0.4) is 0 Å². The van der Waals surface area contributed by atoms with Crippen molar-refractivity contribution < 1.29 is 31.0 Å². The van der Waals surface area contributed by atoms with E-state index in [1.54, 1.807) is 6.07 Å². The molecule has 1 aromatic rings. The number of nitrogens with zero attached hydrogens (tertiary/aromatic N) is 2. The molecule has 30 heavy (non-hydrogen) atoms. The third-order valence-electron chi connectivity index (χ3n) is 5.53. The molecule has 0 bridgehead atoms. The standard InChI is InChI=1S/C19H30N2O7S2/c1-26-17-4-5-19(18(14-17)27-2)30(24,25)21(16-6-13-29(22,23)15-16)8-3-7-20-9-11-28-12-10-20/h4-5,14,16H,3,6-13,15H2,1-2H3/t16-/m1/s1. The van der Waals surface area contributed by atoms with Crippen LogP contribution < -0.4 is 9.47 Å². The summed E-state index contributed by atoms with van der Waals surface area (Å²) in [5.41, 5.74) is 0. The average Bonchev–Trinajstić information content (AvgIpc) is 3.10. The Labute approximate surface area is 178 Å². The van der Waals surface area contributed by atoms with Crippen molar-refractivity contribution in [3.8, 4) is 11.5 Å². The maximum atomic E-state index is 13.6. The third kappa shape index (κ3) is 5.44. The van der Waals surface area contributed by atoms with Crippen LogP contribution in [-0.4, -0.2) is 97.2 Å². The summed E-state index contributed by atoms with van der Waals surface area (Å²) >= 11 is 0. The molecule has 3 rings (SSSR count). The second-order valence-electron chi connectivity index (χ2n) is 7.50. The zero-order valence-electron chi connectivity index (χ0n) is 17.4. The maximum absolute atomic E-state index is 13.6. The lowest BCUT2D eigenvalue weighted by Gasteiger charge is -2.30. The van der Waals surface area contributed by atoms with E-state index in [0.717, 1.165) is 19.6 Å². The summed E-state index contributed by atoms with van der Waals surface area (Å²) in [5.74, 6) is 0.510. The minimum atomic E-state index is -3.96. The van der Waals surface area contributed by atoms with Crippen molar-refractivity contribution >= 4 is 19.9 Å². The first-order valence-corrected chi connectivity index (χ1v) is 13.3. The van der Waals surface area contributed by atoms with Crippen LogP contribution in [-0.2, 0) is 24.6 Å². The third-order valence-corrected chi connectivity index (χ3v) is 9.27. The second kappa shape index (κ2) is 9.82. The maximum Gasteiger partial charge on any atom is 0.247 e. The zero-order valence-corrected chi connectivity index (χ0v) is 19.1. The van der Waals surface area contributed by atoms with Gasteiger partial charge in [-0.25, -0.2) is 16.8 Å². The largest absolute Gasteiger partial charge is 0.497 e. The van der Waals surface area contributed by atoms with E-state index in [2.05, 4.69) is 4.90 Å². The van der Waals surface area contributed by atoms with Crippen LogP contribution in [0.5, 0.6) is 11.5 Å². The molecule has 0 radical (unpaired) electrons. The van der Waals surface area contributed by atoms with Gasteiger partial charge in [0.2, 0.25) is 10.0 Å². The van der Waals surface area contributed by atoms with E-state index in [-0.39, 0.29) is 28.7 Å². The first kappa shape index (κ1) is 23.3. The molecule has 0 unspecified atom stereocenters. The number of rotatable bonds is 9. The van der Waals surface area contributed by atoms with Crippen molar-refractivity contribution in [1.82, 2.24) is 9.21 Å². The van der Waals surface area contributed by atoms with Crippen molar-refractivity contribution in [3.63, 3.8) is 0 Å². The molecule has 2 saturated heterocycles. The molecule has 0 aromatic heterocycles. The summed E-state index contributed by atoms with van der Waals surface area (Å²) in [6, 6.07) is 3.96. The predicted molar refractivity (Wildman–Crippen MR) is 112 cm³/mol. The van der Waals surface area contributed by atoms with Gasteiger partial charge in [0.05, 0.1) is 38.9 Å². The van der Waals surface area contributed by atoms with Crippen LogP contribution >= 0.6 is 0 Å². The van der Waals surface area contributed by atoms with E-state index in [9.17, 15) is 16.8 Å². The number of sulfonamides is 1. The molecule has 0 aliphatic carbocycles. The molecule has 11 heteroatoms. The summed E-state index contributed by atoms with van der Waals surface area (Å²) in [6.45, 7) is 3.95. The molecule has 170 valence electrons. The Morgan fingerprint density at radius 1 is 1.20 bits per heavy atom. The van der Waals surface area contributed by atoms with Crippen LogP contribution in [0.1, 0.15) is 12.8 Å². The van der Waals surface area contributed by atoms with E-state index in [4.69, 9.17) is 14.2 Å². The van der Waals surface area contributed by atoms with Gasteiger partial charge in [-0.1, -0.05) is 0 Å². The fraction of sp³-hybridized carbons (Fsp3) is 0.684. The number of hydrogen-bond donors (Lipinski definition) is 0. The van der Waals surface area contributed by atoms with Crippen LogP contribution in [0.25, 0.3) is 0 Å². The van der Waals surface area contributed by atoms with Crippen LogP contribution in [0.15, 0.2) is 23.1 Å². The molecule has 0 N–H and O–H groups in total. The number of morpholine rings is 1. The quantitative estimate of drug-likeness (QED) is 0.526. The van der Waals surface area contributed by atoms with Crippen molar-refractivity contribution in [3.05, 3.63) is 18.2 Å². The molecule has 1 aromatic carbocycles. The molecule has 1 atom stereocenters. The number of benzene rings is 1. The van der Waals surface area contributed by atoms with Crippen LogP contribution in [0.4, 0.5) is 0 Å². The molecule has 9 nitrogen and oxygen atoms in total. The number of methoxy groups -OCH3 is 2. The second-order valence-corrected chi connectivity index (χ2v) is 11.6. The van der Waals surface area contributed by atoms with Crippen molar-refractivity contribution in [2.75, 3.05) is 65.1 Å². The lowest BCUT2D eigenvalue weighted by molar-refractivity contribution is 0.0367. The molecule has 0 spiro atoms.